The van der Waals surface area contributed by atoms with Crippen molar-refractivity contribution in [1.29, 1.82) is 0 Å². The van der Waals surface area contributed by atoms with Crippen LogP contribution < -0.4 is 10.1 Å². The normalized spacial score (nSPS) is 12.4. The van der Waals surface area contributed by atoms with E-state index >= 15 is 0 Å². The fraction of sp³-hybridized carbons (Fsp3) is 0.429. The molecule has 102 valence electrons. The molecule has 0 aliphatic heterocycles. The van der Waals surface area contributed by atoms with Crippen LogP contribution in [0.3, 0.4) is 0 Å². The van der Waals surface area contributed by atoms with Crippen LogP contribution in [0.5, 0.6) is 5.88 Å². The smallest absolute Gasteiger partial charge is 0.212 e. The van der Waals surface area contributed by atoms with E-state index in [4.69, 9.17) is 9.72 Å². The fourth-order valence-electron chi connectivity index (χ4n) is 2.02. The summed E-state index contributed by atoms with van der Waals surface area (Å²) in [5.41, 5.74) is 2.28. The van der Waals surface area contributed by atoms with Crippen molar-refractivity contribution in [3.8, 4) is 5.88 Å². The summed E-state index contributed by atoms with van der Waals surface area (Å²) < 4.78 is 5.08. The lowest BCUT2D eigenvalue weighted by molar-refractivity contribution is 0.397. The van der Waals surface area contributed by atoms with E-state index in [0.717, 1.165) is 17.0 Å². The van der Waals surface area contributed by atoms with E-state index in [1.54, 1.807) is 18.4 Å². The van der Waals surface area contributed by atoms with Crippen LogP contribution in [0.2, 0.25) is 0 Å². The largest absolute Gasteiger partial charge is 0.481 e. The summed E-state index contributed by atoms with van der Waals surface area (Å²) in [6.45, 7) is 4.26. The summed E-state index contributed by atoms with van der Waals surface area (Å²) in [6, 6.07) is 3.98. The summed E-state index contributed by atoms with van der Waals surface area (Å²) in [5, 5.41) is 4.39. The minimum Gasteiger partial charge on any atom is -0.481 e. The lowest BCUT2D eigenvalue weighted by atomic mass is 10.1. The van der Waals surface area contributed by atoms with Gasteiger partial charge in [-0.2, -0.15) is 0 Å². The van der Waals surface area contributed by atoms with Crippen molar-refractivity contribution >= 4 is 11.3 Å². The Labute approximate surface area is 117 Å². The molecule has 1 unspecified atom stereocenters. The Bertz CT molecular complexity index is 536. The molecule has 1 N–H and O–H groups in total. The Balaban J connectivity index is 2.31. The topological polar surface area (TPSA) is 47.0 Å². The van der Waals surface area contributed by atoms with Crippen LogP contribution in [0.15, 0.2) is 18.3 Å². The number of aryl methyl sites for hydroxylation is 2. The van der Waals surface area contributed by atoms with Gasteiger partial charge in [-0.25, -0.2) is 9.97 Å². The monoisotopic (exact) mass is 277 g/mol. The number of hydrogen-bond acceptors (Lipinski definition) is 5. The van der Waals surface area contributed by atoms with E-state index in [9.17, 15) is 0 Å². The summed E-state index contributed by atoms with van der Waals surface area (Å²) in [5.74, 6) is 0.628. The first-order chi connectivity index (χ1) is 9.19. The fourth-order valence-corrected chi connectivity index (χ4v) is 3.17. The van der Waals surface area contributed by atoms with Crippen LogP contribution in [-0.4, -0.2) is 24.1 Å². The second kappa shape index (κ2) is 6.12. The number of pyridine rings is 1. The molecular formula is C14H19N3OS. The molecule has 1 atom stereocenters. The van der Waals surface area contributed by atoms with Gasteiger partial charge in [-0.3, -0.25) is 0 Å². The average Bonchev–Trinajstić information content (AvgIpc) is 2.81. The molecule has 2 aromatic heterocycles. The quantitative estimate of drug-likeness (QED) is 0.913. The Morgan fingerprint density at radius 3 is 2.68 bits per heavy atom. The van der Waals surface area contributed by atoms with Crippen molar-refractivity contribution < 1.29 is 4.74 Å². The highest BCUT2D eigenvalue weighted by Crippen LogP contribution is 2.28. The SMILES string of the molecule is CCc1nc(C(NC)c2ccc(OC)nc2)sc1C. The van der Waals surface area contributed by atoms with Crippen LogP contribution >= 0.6 is 11.3 Å². The van der Waals surface area contributed by atoms with Gasteiger partial charge in [-0.1, -0.05) is 13.0 Å². The van der Waals surface area contributed by atoms with E-state index in [1.807, 2.05) is 25.4 Å². The highest BCUT2D eigenvalue weighted by molar-refractivity contribution is 7.11. The highest BCUT2D eigenvalue weighted by atomic mass is 32.1. The zero-order valence-electron chi connectivity index (χ0n) is 11.7. The lowest BCUT2D eigenvalue weighted by Gasteiger charge is -2.13. The third-order valence-corrected chi connectivity index (χ3v) is 4.16. The van der Waals surface area contributed by atoms with Gasteiger partial charge < -0.3 is 10.1 Å². The third-order valence-electron chi connectivity index (χ3n) is 3.08. The van der Waals surface area contributed by atoms with E-state index in [2.05, 4.69) is 24.1 Å². The minimum atomic E-state index is 0.0856. The van der Waals surface area contributed by atoms with Gasteiger partial charge in [0.1, 0.15) is 5.01 Å². The second-order valence-corrected chi connectivity index (χ2v) is 5.50. The van der Waals surface area contributed by atoms with Gasteiger partial charge in [-0.15, -0.1) is 11.3 Å². The molecule has 0 radical (unpaired) electrons. The molecule has 0 amide bonds. The number of aromatic nitrogens is 2. The molecule has 0 bridgehead atoms. The molecule has 5 heteroatoms. The summed E-state index contributed by atoms with van der Waals surface area (Å²) in [6.07, 6.45) is 2.81. The first-order valence-corrected chi connectivity index (χ1v) is 7.14. The van der Waals surface area contributed by atoms with Crippen LogP contribution in [0.1, 0.15) is 34.1 Å². The van der Waals surface area contributed by atoms with Gasteiger partial charge in [0.2, 0.25) is 5.88 Å². The molecule has 2 aromatic rings. The molecule has 2 heterocycles. The maximum atomic E-state index is 5.08. The number of rotatable bonds is 5. The lowest BCUT2D eigenvalue weighted by Crippen LogP contribution is -2.17. The standard InChI is InChI=1S/C14H19N3OS/c1-5-11-9(2)19-14(17-11)13(15-3)10-6-7-12(18-4)16-8-10/h6-8,13,15H,5H2,1-4H3. The summed E-state index contributed by atoms with van der Waals surface area (Å²) in [7, 11) is 3.56. The predicted octanol–water partition coefficient (Wildman–Crippen LogP) is 2.73. The molecule has 0 spiro atoms. The number of hydrogen-bond donors (Lipinski definition) is 1. The van der Waals surface area contributed by atoms with Crippen molar-refractivity contribution in [2.75, 3.05) is 14.2 Å². The van der Waals surface area contributed by atoms with Gasteiger partial charge in [0.15, 0.2) is 0 Å². The Morgan fingerprint density at radius 2 is 2.21 bits per heavy atom. The van der Waals surface area contributed by atoms with Gasteiger partial charge in [0.05, 0.1) is 18.8 Å². The Hall–Kier alpha value is -1.46. The molecule has 0 aliphatic carbocycles. The minimum absolute atomic E-state index is 0.0856. The number of nitrogens with one attached hydrogen (secondary N) is 1. The van der Waals surface area contributed by atoms with E-state index in [-0.39, 0.29) is 6.04 Å². The third kappa shape index (κ3) is 2.93. The molecule has 0 aromatic carbocycles. The van der Waals surface area contributed by atoms with Gasteiger partial charge in [0, 0.05) is 17.1 Å². The molecule has 4 nitrogen and oxygen atoms in total. The van der Waals surface area contributed by atoms with Crippen LogP contribution in [0, 0.1) is 6.92 Å². The van der Waals surface area contributed by atoms with Gasteiger partial charge in [-0.05, 0) is 26.0 Å². The summed E-state index contributed by atoms with van der Waals surface area (Å²) in [4.78, 5) is 10.3. The number of methoxy groups -OCH3 is 1. The molecule has 2 rings (SSSR count). The highest BCUT2D eigenvalue weighted by Gasteiger charge is 2.18. The number of ether oxygens (including phenoxy) is 1. The number of thiazole rings is 1. The maximum Gasteiger partial charge on any atom is 0.212 e. The second-order valence-electron chi connectivity index (χ2n) is 4.26. The molecule has 0 saturated carbocycles. The molecule has 19 heavy (non-hydrogen) atoms. The van der Waals surface area contributed by atoms with Crippen molar-refractivity contribution in [3.05, 3.63) is 39.5 Å². The molecule has 0 fully saturated rings. The number of nitrogens with zero attached hydrogens (tertiary/aromatic N) is 2. The van der Waals surface area contributed by atoms with Crippen molar-refractivity contribution in [3.63, 3.8) is 0 Å². The van der Waals surface area contributed by atoms with Crippen LogP contribution in [0.25, 0.3) is 0 Å². The van der Waals surface area contributed by atoms with Gasteiger partial charge >= 0.3 is 0 Å². The molecule has 0 aliphatic rings. The predicted molar refractivity (Wildman–Crippen MR) is 77.9 cm³/mol. The summed E-state index contributed by atoms with van der Waals surface area (Å²) >= 11 is 1.74. The first kappa shape index (κ1) is 14.0. The van der Waals surface area contributed by atoms with Crippen LogP contribution in [-0.2, 0) is 6.42 Å². The van der Waals surface area contributed by atoms with Gasteiger partial charge in [0.25, 0.3) is 0 Å². The maximum absolute atomic E-state index is 5.08. The van der Waals surface area contributed by atoms with Crippen LogP contribution in [0.4, 0.5) is 0 Å². The Kier molecular flexibility index (Phi) is 4.50. The van der Waals surface area contributed by atoms with Crippen molar-refractivity contribution in [1.82, 2.24) is 15.3 Å². The zero-order chi connectivity index (χ0) is 13.8. The van der Waals surface area contributed by atoms with E-state index in [0.29, 0.717) is 5.88 Å². The Morgan fingerprint density at radius 1 is 1.42 bits per heavy atom. The first-order valence-electron chi connectivity index (χ1n) is 6.33. The van der Waals surface area contributed by atoms with Crippen molar-refractivity contribution in [2.24, 2.45) is 0 Å². The average molecular weight is 277 g/mol. The zero-order valence-corrected chi connectivity index (χ0v) is 12.5. The van der Waals surface area contributed by atoms with E-state index in [1.165, 1.54) is 10.6 Å². The van der Waals surface area contributed by atoms with Crippen molar-refractivity contribution in [2.45, 2.75) is 26.3 Å². The molecule has 0 saturated heterocycles. The molecular weight excluding hydrogens is 258 g/mol. The van der Waals surface area contributed by atoms with E-state index < -0.39 is 0 Å².